The van der Waals surface area contributed by atoms with Crippen LogP contribution < -0.4 is 0 Å². The fourth-order valence-electron chi connectivity index (χ4n) is 1.37. The summed E-state index contributed by atoms with van der Waals surface area (Å²) < 4.78 is 2.97. The fourth-order valence-corrected chi connectivity index (χ4v) is 1.94. The third-order valence-corrected chi connectivity index (χ3v) is 3.14. The van der Waals surface area contributed by atoms with E-state index in [0.717, 1.165) is 11.0 Å². The van der Waals surface area contributed by atoms with Crippen molar-refractivity contribution in [1.29, 1.82) is 0 Å². The van der Waals surface area contributed by atoms with E-state index in [1.807, 2.05) is 4.42 Å². The molecule has 1 aromatic rings. The first-order valence-electron chi connectivity index (χ1n) is 3.95. The first kappa shape index (κ1) is 8.54. The molecule has 0 N–H and O–H groups in total. The smallest absolute Gasteiger partial charge is 0.0513 e. The van der Waals surface area contributed by atoms with E-state index in [-0.39, 0.29) is 0 Å². The van der Waals surface area contributed by atoms with Crippen molar-refractivity contribution >= 4 is 27.7 Å². The number of rotatable bonds is 1. The summed E-state index contributed by atoms with van der Waals surface area (Å²) in [6.45, 7) is 1.00. The Morgan fingerprint density at radius 3 is 2.42 bits per heavy atom. The van der Waals surface area contributed by atoms with Gasteiger partial charge in [-0.05, 0) is 35.9 Å². The predicted octanol–water partition coefficient (Wildman–Crippen LogP) is 3.35. The Hall–Kier alpha value is -0.0500. The summed E-state index contributed by atoms with van der Waals surface area (Å²) in [7, 11) is 0. The van der Waals surface area contributed by atoms with Gasteiger partial charge in [-0.2, -0.15) is 0 Å². The molecule has 1 saturated heterocycles. The minimum Gasteiger partial charge on any atom is -0.213 e. The average Bonchev–Trinajstić information content (AvgIpc) is 2.06. The molecule has 1 nitrogen and oxygen atoms in total. The van der Waals surface area contributed by atoms with E-state index in [1.165, 1.54) is 12.0 Å². The summed E-state index contributed by atoms with van der Waals surface area (Å²) in [5, 5.41) is 0. The van der Waals surface area contributed by atoms with Crippen LogP contribution in [0.2, 0.25) is 0 Å². The molecule has 1 unspecified atom stereocenters. The summed E-state index contributed by atoms with van der Waals surface area (Å²) in [6, 6.07) is 8.77. The first-order chi connectivity index (χ1) is 5.77. The molecule has 1 atom stereocenters. The molecule has 0 radical (unpaired) electrons. The number of hydrogen-bond acceptors (Lipinski definition) is 1. The zero-order valence-electron chi connectivity index (χ0n) is 6.50. The Bertz CT molecular complexity index is 272. The third-order valence-electron chi connectivity index (χ3n) is 2.21. The quantitative estimate of drug-likeness (QED) is 0.687. The van der Waals surface area contributed by atoms with Crippen LogP contribution in [0, 0.1) is 0 Å². The molecule has 1 aliphatic heterocycles. The molecular weight excluding hydrogens is 237 g/mol. The van der Waals surface area contributed by atoms with Gasteiger partial charge in [-0.15, -0.1) is 0 Å². The van der Waals surface area contributed by atoms with Crippen molar-refractivity contribution in [2.24, 2.45) is 0 Å². The molecule has 12 heavy (non-hydrogen) atoms. The molecule has 1 heterocycles. The second-order valence-electron chi connectivity index (χ2n) is 2.98. The van der Waals surface area contributed by atoms with Gasteiger partial charge in [-0.1, -0.05) is 28.1 Å². The Morgan fingerprint density at radius 2 is 2.00 bits per heavy atom. The lowest BCUT2D eigenvalue weighted by Crippen LogP contribution is -2.32. The van der Waals surface area contributed by atoms with Gasteiger partial charge in [0.2, 0.25) is 0 Å². The summed E-state index contributed by atoms with van der Waals surface area (Å²) in [5.74, 6) is 0. The highest BCUT2D eigenvalue weighted by molar-refractivity contribution is 9.10. The van der Waals surface area contributed by atoms with Gasteiger partial charge in [0.05, 0.1) is 6.04 Å². The SMILES string of the molecule is ClN1CCC1c1ccc(Br)cc1. The lowest BCUT2D eigenvalue weighted by Gasteiger charge is -2.35. The number of hydrogen-bond donors (Lipinski definition) is 0. The molecule has 1 fully saturated rings. The van der Waals surface area contributed by atoms with Gasteiger partial charge < -0.3 is 0 Å². The minimum atomic E-state index is 0.430. The lowest BCUT2D eigenvalue weighted by atomic mass is 9.98. The second-order valence-corrected chi connectivity index (χ2v) is 4.33. The summed E-state index contributed by atoms with van der Waals surface area (Å²) >= 11 is 9.31. The molecule has 0 saturated carbocycles. The highest BCUT2D eigenvalue weighted by atomic mass is 79.9. The molecule has 0 spiro atoms. The largest absolute Gasteiger partial charge is 0.213 e. The van der Waals surface area contributed by atoms with Crippen molar-refractivity contribution in [2.75, 3.05) is 6.54 Å². The fraction of sp³-hybridized carbons (Fsp3) is 0.333. The van der Waals surface area contributed by atoms with Crippen LogP contribution in [0.3, 0.4) is 0 Å². The zero-order chi connectivity index (χ0) is 8.55. The van der Waals surface area contributed by atoms with Crippen molar-refractivity contribution < 1.29 is 0 Å². The van der Waals surface area contributed by atoms with Crippen LogP contribution >= 0.6 is 27.7 Å². The van der Waals surface area contributed by atoms with E-state index >= 15 is 0 Å². The van der Waals surface area contributed by atoms with E-state index in [9.17, 15) is 0 Å². The van der Waals surface area contributed by atoms with Crippen LogP contribution in [-0.4, -0.2) is 11.0 Å². The first-order valence-corrected chi connectivity index (χ1v) is 5.08. The Labute approximate surface area is 85.6 Å². The molecular formula is C9H9BrClN. The zero-order valence-corrected chi connectivity index (χ0v) is 8.85. The molecule has 0 bridgehead atoms. The molecule has 0 aromatic heterocycles. The maximum Gasteiger partial charge on any atom is 0.0513 e. The molecule has 1 aliphatic rings. The summed E-state index contributed by atoms with van der Waals surface area (Å²) in [4.78, 5) is 0. The monoisotopic (exact) mass is 245 g/mol. The molecule has 64 valence electrons. The maximum absolute atomic E-state index is 5.91. The highest BCUT2D eigenvalue weighted by Gasteiger charge is 2.27. The van der Waals surface area contributed by atoms with Gasteiger partial charge in [0, 0.05) is 11.0 Å². The van der Waals surface area contributed by atoms with Crippen LogP contribution in [0.15, 0.2) is 28.7 Å². The van der Waals surface area contributed by atoms with E-state index in [4.69, 9.17) is 11.8 Å². The van der Waals surface area contributed by atoms with Crippen LogP contribution in [0.1, 0.15) is 18.0 Å². The lowest BCUT2D eigenvalue weighted by molar-refractivity contribution is 0.212. The molecule has 3 heteroatoms. The van der Waals surface area contributed by atoms with Gasteiger partial charge in [0.15, 0.2) is 0 Å². The van der Waals surface area contributed by atoms with E-state index in [2.05, 4.69) is 40.2 Å². The Morgan fingerprint density at radius 1 is 1.33 bits per heavy atom. The predicted molar refractivity (Wildman–Crippen MR) is 54.1 cm³/mol. The van der Waals surface area contributed by atoms with E-state index in [0.29, 0.717) is 6.04 Å². The van der Waals surface area contributed by atoms with Crippen LogP contribution in [0.25, 0.3) is 0 Å². The Balaban J connectivity index is 2.18. The van der Waals surface area contributed by atoms with Gasteiger partial charge in [0.25, 0.3) is 0 Å². The van der Waals surface area contributed by atoms with Gasteiger partial charge in [-0.25, -0.2) is 4.42 Å². The van der Waals surface area contributed by atoms with Crippen LogP contribution in [0.4, 0.5) is 0 Å². The third kappa shape index (κ3) is 1.51. The van der Waals surface area contributed by atoms with Crippen molar-refractivity contribution in [3.63, 3.8) is 0 Å². The summed E-state index contributed by atoms with van der Waals surface area (Å²) in [6.07, 6.45) is 1.17. The van der Waals surface area contributed by atoms with Crippen molar-refractivity contribution in [3.8, 4) is 0 Å². The number of halogens is 2. The minimum absolute atomic E-state index is 0.430. The Kier molecular flexibility index (Phi) is 2.40. The topological polar surface area (TPSA) is 3.24 Å². The van der Waals surface area contributed by atoms with Crippen LogP contribution in [0.5, 0.6) is 0 Å². The summed E-state index contributed by atoms with van der Waals surface area (Å²) in [5.41, 5.74) is 1.31. The molecule has 2 rings (SSSR count). The van der Waals surface area contributed by atoms with E-state index in [1.54, 1.807) is 0 Å². The maximum atomic E-state index is 5.91. The second kappa shape index (κ2) is 3.36. The van der Waals surface area contributed by atoms with Gasteiger partial charge >= 0.3 is 0 Å². The number of nitrogens with zero attached hydrogens (tertiary/aromatic N) is 1. The van der Waals surface area contributed by atoms with Crippen LogP contribution in [-0.2, 0) is 0 Å². The number of benzene rings is 1. The van der Waals surface area contributed by atoms with Gasteiger partial charge in [0.1, 0.15) is 0 Å². The normalized spacial score (nSPS) is 23.7. The van der Waals surface area contributed by atoms with Crippen molar-refractivity contribution in [1.82, 2.24) is 4.42 Å². The molecule has 0 amide bonds. The van der Waals surface area contributed by atoms with Crippen molar-refractivity contribution in [2.45, 2.75) is 12.5 Å². The average molecular weight is 247 g/mol. The molecule has 1 aromatic carbocycles. The van der Waals surface area contributed by atoms with E-state index < -0.39 is 0 Å². The molecule has 0 aliphatic carbocycles. The van der Waals surface area contributed by atoms with Crippen molar-refractivity contribution in [3.05, 3.63) is 34.3 Å². The standard InChI is InChI=1S/C9H9BrClN/c10-8-3-1-7(2-4-8)9-5-6-12(9)11/h1-4,9H,5-6H2. The van der Waals surface area contributed by atoms with Gasteiger partial charge in [-0.3, -0.25) is 0 Å². The highest BCUT2D eigenvalue weighted by Crippen LogP contribution is 2.34.